The molecular weight excluding hydrogens is 360 g/mol. The molecule has 5 rings (SSSR count). The number of amides is 2. The number of carbonyl (C=O) groups excluding carboxylic acids is 2. The van der Waals surface area contributed by atoms with Crippen LogP contribution in [0.1, 0.15) is 26.7 Å². The second-order valence-corrected chi connectivity index (χ2v) is 7.00. The molecule has 0 aliphatic carbocycles. The second kappa shape index (κ2) is 6.79. The van der Waals surface area contributed by atoms with Crippen molar-refractivity contribution in [2.75, 3.05) is 32.8 Å². The highest BCUT2D eigenvalue weighted by Gasteiger charge is 2.27. The van der Waals surface area contributed by atoms with Gasteiger partial charge in [-0.15, -0.1) is 0 Å². The number of nitrogens with zero attached hydrogens (tertiary/aromatic N) is 4. The number of furan rings is 1. The number of hydrogen-bond donors (Lipinski definition) is 0. The molecule has 144 valence electrons. The van der Waals surface area contributed by atoms with Crippen LogP contribution in [0, 0.1) is 0 Å². The molecule has 0 spiro atoms. The van der Waals surface area contributed by atoms with Gasteiger partial charge in [0, 0.05) is 38.3 Å². The highest BCUT2D eigenvalue weighted by Crippen LogP contribution is 2.22. The number of rotatable bonds is 2. The van der Waals surface area contributed by atoms with Crippen molar-refractivity contribution in [2.45, 2.75) is 13.2 Å². The van der Waals surface area contributed by atoms with Gasteiger partial charge in [0.05, 0.1) is 23.9 Å². The minimum atomic E-state index is -0.135. The molecule has 28 heavy (non-hydrogen) atoms. The Morgan fingerprint density at radius 1 is 0.964 bits per heavy atom. The number of carbonyl (C=O) groups is 2. The first kappa shape index (κ1) is 17.0. The molecule has 4 heterocycles. The Balaban J connectivity index is 1.30. The lowest BCUT2D eigenvalue weighted by Crippen LogP contribution is -2.50. The van der Waals surface area contributed by atoms with Crippen LogP contribution in [0.3, 0.4) is 0 Å². The lowest BCUT2D eigenvalue weighted by atomic mass is 10.1. The molecule has 8 heteroatoms. The molecule has 3 aromatic rings. The fourth-order valence-corrected chi connectivity index (χ4v) is 3.84. The molecule has 0 unspecified atom stereocenters. The Labute approximate surface area is 161 Å². The van der Waals surface area contributed by atoms with Crippen LogP contribution >= 0.6 is 0 Å². The predicted molar refractivity (Wildman–Crippen MR) is 99.9 cm³/mol. The van der Waals surface area contributed by atoms with Crippen molar-refractivity contribution < 1.29 is 18.7 Å². The van der Waals surface area contributed by atoms with E-state index >= 15 is 0 Å². The molecule has 2 aliphatic heterocycles. The molecule has 1 saturated heterocycles. The fraction of sp³-hybridized carbons (Fsp3) is 0.350. The van der Waals surface area contributed by atoms with E-state index in [1.54, 1.807) is 21.9 Å². The summed E-state index contributed by atoms with van der Waals surface area (Å²) in [6.07, 6.45) is 1.49. The first-order valence-electron chi connectivity index (χ1n) is 9.40. The molecule has 1 fully saturated rings. The average molecular weight is 380 g/mol. The van der Waals surface area contributed by atoms with Gasteiger partial charge in [-0.05, 0) is 30.3 Å². The number of hydrogen-bond acceptors (Lipinski definition) is 5. The Hall–Kier alpha value is -3.13. The maximum Gasteiger partial charge on any atom is 0.289 e. The summed E-state index contributed by atoms with van der Waals surface area (Å²) in [4.78, 5) is 33.4. The van der Waals surface area contributed by atoms with E-state index in [4.69, 9.17) is 9.15 Å². The zero-order valence-electron chi connectivity index (χ0n) is 15.3. The average Bonchev–Trinajstić information content (AvgIpc) is 3.40. The maximum absolute atomic E-state index is 12.9. The summed E-state index contributed by atoms with van der Waals surface area (Å²) in [6.45, 7) is 3.94. The molecule has 0 N–H and O–H groups in total. The standard InChI is InChI=1S/C20H20N4O4/c25-19(22-5-7-23(8-6-22)20(26)17-2-1-10-28-17)14-3-4-16-15(12-14)21-18-13-27-11-9-24(16)18/h1-4,10,12H,5-9,11,13H2. The minimum absolute atomic E-state index is 0.0331. The topological polar surface area (TPSA) is 80.8 Å². The number of fused-ring (bicyclic) bond motifs is 3. The van der Waals surface area contributed by atoms with E-state index in [1.807, 2.05) is 18.2 Å². The van der Waals surface area contributed by atoms with Crippen molar-refractivity contribution in [1.29, 1.82) is 0 Å². The zero-order valence-corrected chi connectivity index (χ0v) is 15.3. The quantitative estimate of drug-likeness (QED) is 0.677. The number of imidazole rings is 1. The lowest BCUT2D eigenvalue weighted by molar-refractivity contribution is 0.0518. The molecule has 8 nitrogen and oxygen atoms in total. The van der Waals surface area contributed by atoms with Gasteiger partial charge in [-0.2, -0.15) is 0 Å². The molecule has 1 aromatic carbocycles. The molecule has 0 bridgehead atoms. The molecule has 2 aliphatic rings. The van der Waals surface area contributed by atoms with E-state index in [0.29, 0.717) is 50.7 Å². The van der Waals surface area contributed by atoms with Gasteiger partial charge in [-0.1, -0.05) is 0 Å². The molecule has 0 radical (unpaired) electrons. The Kier molecular flexibility index (Phi) is 4.12. The van der Waals surface area contributed by atoms with Gasteiger partial charge in [0.1, 0.15) is 12.4 Å². The van der Waals surface area contributed by atoms with Crippen molar-refractivity contribution in [3.8, 4) is 0 Å². The summed E-state index contributed by atoms with van der Waals surface area (Å²) in [5, 5.41) is 0. The highest BCUT2D eigenvalue weighted by molar-refractivity contribution is 5.98. The van der Waals surface area contributed by atoms with Crippen molar-refractivity contribution in [3.05, 3.63) is 53.7 Å². The van der Waals surface area contributed by atoms with Gasteiger partial charge >= 0.3 is 0 Å². The summed E-state index contributed by atoms with van der Waals surface area (Å²) >= 11 is 0. The molecular formula is C20H20N4O4. The lowest BCUT2D eigenvalue weighted by Gasteiger charge is -2.34. The minimum Gasteiger partial charge on any atom is -0.459 e. The zero-order chi connectivity index (χ0) is 19.1. The Morgan fingerprint density at radius 2 is 1.75 bits per heavy atom. The second-order valence-electron chi connectivity index (χ2n) is 7.00. The van der Waals surface area contributed by atoms with E-state index < -0.39 is 0 Å². The number of aromatic nitrogens is 2. The summed E-state index contributed by atoms with van der Waals surface area (Å²) in [5.74, 6) is 1.06. The van der Waals surface area contributed by atoms with Crippen LogP contribution < -0.4 is 0 Å². The Bertz CT molecular complexity index is 1030. The van der Waals surface area contributed by atoms with E-state index in [0.717, 1.165) is 23.4 Å². The summed E-state index contributed by atoms with van der Waals surface area (Å²) in [5.41, 5.74) is 2.47. The van der Waals surface area contributed by atoms with Crippen molar-refractivity contribution >= 4 is 22.8 Å². The fourth-order valence-electron chi connectivity index (χ4n) is 3.84. The molecule has 0 atom stereocenters. The third kappa shape index (κ3) is 2.86. The van der Waals surface area contributed by atoms with Gasteiger partial charge in [0.15, 0.2) is 5.76 Å². The van der Waals surface area contributed by atoms with Crippen LogP contribution in [-0.4, -0.2) is 64.0 Å². The van der Waals surface area contributed by atoms with Gasteiger partial charge in [0.2, 0.25) is 0 Å². The smallest absolute Gasteiger partial charge is 0.289 e. The molecule has 0 saturated carbocycles. The normalized spacial score (nSPS) is 17.0. The maximum atomic E-state index is 12.9. The van der Waals surface area contributed by atoms with Gasteiger partial charge < -0.3 is 23.5 Å². The van der Waals surface area contributed by atoms with E-state index in [9.17, 15) is 9.59 Å². The van der Waals surface area contributed by atoms with Crippen LogP contribution in [0.4, 0.5) is 0 Å². The number of piperazine rings is 1. The highest BCUT2D eigenvalue weighted by atomic mass is 16.5. The third-order valence-corrected chi connectivity index (χ3v) is 5.35. The molecule has 2 aromatic heterocycles. The van der Waals surface area contributed by atoms with Crippen molar-refractivity contribution in [1.82, 2.24) is 19.4 Å². The van der Waals surface area contributed by atoms with Gasteiger partial charge in [0.25, 0.3) is 11.8 Å². The largest absolute Gasteiger partial charge is 0.459 e. The SMILES string of the molecule is O=C(c1ccc2c(c1)nc1n2CCOC1)N1CCN(C(=O)c2ccco2)CC1. The van der Waals surface area contributed by atoms with Gasteiger partial charge in [-0.3, -0.25) is 9.59 Å². The predicted octanol–water partition coefficient (Wildman–Crippen LogP) is 1.76. The monoisotopic (exact) mass is 380 g/mol. The van der Waals surface area contributed by atoms with Crippen LogP contribution in [0.2, 0.25) is 0 Å². The Morgan fingerprint density at radius 3 is 2.50 bits per heavy atom. The summed E-state index contributed by atoms with van der Waals surface area (Å²) in [7, 11) is 0. The summed E-state index contributed by atoms with van der Waals surface area (Å²) < 4.78 is 12.8. The van der Waals surface area contributed by atoms with Gasteiger partial charge in [-0.25, -0.2) is 4.98 Å². The van der Waals surface area contributed by atoms with Crippen molar-refractivity contribution in [3.63, 3.8) is 0 Å². The van der Waals surface area contributed by atoms with E-state index in [-0.39, 0.29) is 11.8 Å². The number of benzene rings is 1. The first-order chi connectivity index (χ1) is 13.7. The number of ether oxygens (including phenoxy) is 1. The third-order valence-electron chi connectivity index (χ3n) is 5.35. The summed E-state index contributed by atoms with van der Waals surface area (Å²) in [6, 6.07) is 9.02. The van der Waals surface area contributed by atoms with Crippen LogP contribution in [0.15, 0.2) is 41.0 Å². The van der Waals surface area contributed by atoms with E-state index in [2.05, 4.69) is 9.55 Å². The van der Waals surface area contributed by atoms with E-state index in [1.165, 1.54) is 6.26 Å². The van der Waals surface area contributed by atoms with Crippen LogP contribution in [0.25, 0.3) is 11.0 Å². The van der Waals surface area contributed by atoms with Crippen molar-refractivity contribution in [2.24, 2.45) is 0 Å². The first-order valence-corrected chi connectivity index (χ1v) is 9.40. The molecule has 2 amide bonds. The van der Waals surface area contributed by atoms with Crippen LogP contribution in [0.5, 0.6) is 0 Å². The van der Waals surface area contributed by atoms with Crippen LogP contribution in [-0.2, 0) is 17.9 Å².